The molecule has 0 bridgehead atoms. The molecular weight excluding hydrogens is 499 g/mol. The zero-order chi connectivity index (χ0) is 26.9. The van der Waals surface area contributed by atoms with Crippen LogP contribution in [0.3, 0.4) is 0 Å². The molecule has 1 amide bonds. The van der Waals surface area contributed by atoms with E-state index in [0.29, 0.717) is 22.4 Å². The van der Waals surface area contributed by atoms with Crippen LogP contribution in [0.25, 0.3) is 16.5 Å². The third kappa shape index (κ3) is 5.20. The van der Waals surface area contributed by atoms with Crippen LogP contribution in [-0.4, -0.2) is 27.6 Å². The first-order valence-electron chi connectivity index (χ1n) is 10.8. The monoisotopic (exact) mass is 516 g/mol. The molecule has 0 radical (unpaired) electrons. The van der Waals surface area contributed by atoms with Gasteiger partial charge in [0.05, 0.1) is 11.3 Å². The molecule has 6 nitrogen and oxygen atoms in total. The number of alkyl halides is 3. The lowest BCUT2D eigenvalue weighted by atomic mass is 9.97. The van der Waals surface area contributed by atoms with Crippen molar-refractivity contribution < 1.29 is 36.6 Å². The molecule has 0 unspecified atom stereocenters. The first kappa shape index (κ1) is 25.5. The van der Waals surface area contributed by atoms with Crippen molar-refractivity contribution in [2.45, 2.75) is 18.6 Å². The summed E-state index contributed by atoms with van der Waals surface area (Å²) in [4.78, 5) is 36.8. The first-order chi connectivity index (χ1) is 17.5. The number of hydrogen-bond acceptors (Lipinski definition) is 3. The number of carbonyl (C=O) groups excluding carboxylic acids is 1. The van der Waals surface area contributed by atoms with Gasteiger partial charge in [0.15, 0.2) is 0 Å². The van der Waals surface area contributed by atoms with E-state index in [1.165, 1.54) is 12.1 Å². The molecule has 0 aliphatic carbocycles. The van der Waals surface area contributed by atoms with Gasteiger partial charge in [-0.2, -0.15) is 13.2 Å². The van der Waals surface area contributed by atoms with Crippen LogP contribution in [0.2, 0.25) is 0 Å². The Morgan fingerprint density at radius 2 is 1.54 bits per heavy atom. The molecule has 3 aromatic carbocycles. The predicted molar refractivity (Wildman–Crippen MR) is 123 cm³/mol. The number of fused-ring (bicyclic) bond motifs is 1. The summed E-state index contributed by atoms with van der Waals surface area (Å²) in [7, 11) is 0. The van der Waals surface area contributed by atoms with Gasteiger partial charge in [0.2, 0.25) is 0 Å². The van der Waals surface area contributed by atoms with E-state index in [2.05, 4.69) is 5.32 Å². The lowest BCUT2D eigenvalue weighted by Gasteiger charge is -2.18. The van der Waals surface area contributed by atoms with Crippen LogP contribution in [0.5, 0.6) is 0 Å². The normalized spacial score (nSPS) is 12.4. The maximum absolute atomic E-state index is 14.0. The molecule has 2 N–H and O–H groups in total. The second-order valence-electron chi connectivity index (χ2n) is 8.08. The van der Waals surface area contributed by atoms with Crippen LogP contribution < -0.4 is 10.9 Å². The van der Waals surface area contributed by atoms with E-state index in [0.717, 1.165) is 35.0 Å². The smallest absolute Gasteiger partial charge is 0.416 e. The van der Waals surface area contributed by atoms with Crippen molar-refractivity contribution in [3.8, 4) is 5.69 Å². The Bertz CT molecular complexity index is 1560. The van der Waals surface area contributed by atoms with E-state index in [-0.39, 0.29) is 12.1 Å². The van der Waals surface area contributed by atoms with Crippen LogP contribution in [0, 0.1) is 11.6 Å². The number of carbonyl (C=O) groups is 2. The van der Waals surface area contributed by atoms with Gasteiger partial charge in [-0.15, -0.1) is 0 Å². The Morgan fingerprint density at radius 1 is 0.919 bits per heavy atom. The molecule has 4 rings (SSSR count). The molecule has 1 atom stereocenters. The fraction of sp³-hybridized carbons (Fsp3) is 0.115. The summed E-state index contributed by atoms with van der Waals surface area (Å²) in [5, 5.41) is 12.7. The van der Waals surface area contributed by atoms with E-state index in [9.17, 15) is 41.4 Å². The van der Waals surface area contributed by atoms with E-state index < -0.39 is 52.4 Å². The van der Waals surface area contributed by atoms with Gasteiger partial charge in [0, 0.05) is 24.1 Å². The van der Waals surface area contributed by atoms with Gasteiger partial charge in [-0.05, 0) is 35.2 Å². The molecule has 190 valence electrons. The number of rotatable bonds is 6. The largest absolute Gasteiger partial charge is 0.480 e. The van der Waals surface area contributed by atoms with E-state index >= 15 is 0 Å². The summed E-state index contributed by atoms with van der Waals surface area (Å²) in [5.74, 6) is -5.02. The molecule has 1 heterocycles. The maximum Gasteiger partial charge on any atom is 0.416 e. The van der Waals surface area contributed by atoms with E-state index in [4.69, 9.17) is 0 Å². The van der Waals surface area contributed by atoms with Crippen molar-refractivity contribution in [1.82, 2.24) is 9.88 Å². The standard InChI is InChI=1S/C26H17F5N2O4/c27-18-7-3-8-19(28)23(18)24(35)32-20(25(36)37)12-14-4-1-6-17-16(14)5-2-9-21(17)33-11-10-15(13-22(33)34)26(29,30)31/h1-11,13,20H,12H2,(H,32,35)(H,36,37)/t20-/m0/s1. The molecular formula is C26H17F5N2O4. The average Bonchev–Trinajstić information content (AvgIpc) is 2.83. The molecule has 0 spiro atoms. The zero-order valence-corrected chi connectivity index (χ0v) is 18.7. The first-order valence-corrected chi connectivity index (χ1v) is 10.8. The molecule has 0 saturated heterocycles. The van der Waals surface area contributed by atoms with E-state index in [1.807, 2.05) is 0 Å². The van der Waals surface area contributed by atoms with Crippen LogP contribution in [0.15, 0.2) is 77.7 Å². The number of aromatic nitrogens is 1. The van der Waals surface area contributed by atoms with Crippen molar-refractivity contribution >= 4 is 22.6 Å². The van der Waals surface area contributed by atoms with Crippen molar-refractivity contribution in [2.75, 3.05) is 0 Å². The van der Waals surface area contributed by atoms with Crippen LogP contribution in [-0.2, 0) is 17.4 Å². The van der Waals surface area contributed by atoms with Gasteiger partial charge >= 0.3 is 12.1 Å². The Labute approximate surface area is 205 Å². The topological polar surface area (TPSA) is 88.4 Å². The van der Waals surface area contributed by atoms with Crippen LogP contribution in [0.1, 0.15) is 21.5 Å². The molecule has 11 heteroatoms. The maximum atomic E-state index is 14.0. The highest BCUT2D eigenvalue weighted by molar-refractivity contribution is 5.97. The molecule has 0 saturated carbocycles. The third-order valence-corrected chi connectivity index (χ3v) is 5.71. The number of nitrogens with zero attached hydrogens (tertiary/aromatic N) is 1. The molecule has 37 heavy (non-hydrogen) atoms. The number of amides is 1. The molecule has 4 aromatic rings. The van der Waals surface area contributed by atoms with Gasteiger partial charge in [0.1, 0.15) is 23.2 Å². The Balaban J connectivity index is 1.71. The summed E-state index contributed by atoms with van der Waals surface area (Å²) in [6.07, 6.45) is -3.98. The number of aliphatic carboxylic acids is 1. The minimum absolute atomic E-state index is 0.252. The quantitative estimate of drug-likeness (QED) is 0.364. The van der Waals surface area contributed by atoms with Crippen molar-refractivity contribution in [2.24, 2.45) is 0 Å². The van der Waals surface area contributed by atoms with Gasteiger partial charge in [-0.1, -0.05) is 36.4 Å². The predicted octanol–water partition coefficient (Wildman–Crippen LogP) is 4.71. The summed E-state index contributed by atoms with van der Waals surface area (Å²) in [6.45, 7) is 0. The minimum atomic E-state index is -4.69. The Kier molecular flexibility index (Phi) is 6.80. The Morgan fingerprint density at radius 3 is 2.16 bits per heavy atom. The van der Waals surface area contributed by atoms with E-state index in [1.54, 1.807) is 24.3 Å². The number of halogens is 5. The summed E-state index contributed by atoms with van der Waals surface area (Å²) < 4.78 is 67.9. The summed E-state index contributed by atoms with van der Waals surface area (Å²) >= 11 is 0. The van der Waals surface area contributed by atoms with Crippen LogP contribution in [0.4, 0.5) is 22.0 Å². The van der Waals surface area contributed by atoms with Crippen LogP contribution >= 0.6 is 0 Å². The second-order valence-corrected chi connectivity index (χ2v) is 8.08. The lowest BCUT2D eigenvalue weighted by Crippen LogP contribution is -2.43. The van der Waals surface area contributed by atoms with Gasteiger partial charge in [-0.3, -0.25) is 14.2 Å². The van der Waals surface area contributed by atoms with Crippen molar-refractivity contribution in [3.05, 3.63) is 112 Å². The van der Waals surface area contributed by atoms with Crippen molar-refractivity contribution in [3.63, 3.8) is 0 Å². The Hall–Kier alpha value is -4.54. The highest BCUT2D eigenvalue weighted by Gasteiger charge is 2.31. The SMILES string of the molecule is O=C(N[C@@H](Cc1cccc2c(-n3ccc(C(F)(F)F)cc3=O)cccc12)C(=O)O)c1c(F)cccc1F. The lowest BCUT2D eigenvalue weighted by molar-refractivity contribution is -0.139. The molecule has 0 aliphatic heterocycles. The van der Waals surface area contributed by atoms with Gasteiger partial charge < -0.3 is 10.4 Å². The number of pyridine rings is 1. The number of benzene rings is 3. The summed E-state index contributed by atoms with van der Waals surface area (Å²) in [6, 6.07) is 11.8. The van der Waals surface area contributed by atoms with Crippen molar-refractivity contribution in [1.29, 1.82) is 0 Å². The molecule has 0 aliphatic rings. The van der Waals surface area contributed by atoms with Gasteiger partial charge in [-0.25, -0.2) is 13.6 Å². The minimum Gasteiger partial charge on any atom is -0.480 e. The number of carboxylic acid groups (broad SMARTS) is 1. The highest BCUT2D eigenvalue weighted by Crippen LogP contribution is 2.29. The molecule has 1 aromatic heterocycles. The second kappa shape index (κ2) is 9.84. The zero-order valence-electron chi connectivity index (χ0n) is 18.7. The van der Waals surface area contributed by atoms with Gasteiger partial charge in [0.25, 0.3) is 11.5 Å². The molecule has 0 fully saturated rings. The highest BCUT2D eigenvalue weighted by atomic mass is 19.4. The fourth-order valence-corrected chi connectivity index (χ4v) is 3.97. The fourth-order valence-electron chi connectivity index (χ4n) is 3.97. The summed E-state index contributed by atoms with van der Waals surface area (Å²) in [5.41, 5.74) is -2.28. The number of hydrogen-bond donors (Lipinski definition) is 2. The average molecular weight is 516 g/mol. The number of carboxylic acids is 1. The number of nitrogens with one attached hydrogen (secondary N) is 1. The third-order valence-electron chi connectivity index (χ3n) is 5.71.